The van der Waals surface area contributed by atoms with Gasteiger partial charge in [-0.2, -0.15) is 0 Å². The van der Waals surface area contributed by atoms with E-state index in [-0.39, 0.29) is 0 Å². The van der Waals surface area contributed by atoms with Crippen LogP contribution in [0.1, 0.15) is 29.1 Å². The molecule has 88 valence electrons. The van der Waals surface area contributed by atoms with Gasteiger partial charge in [0.15, 0.2) is 6.29 Å². The number of aliphatic hydroxyl groups is 3. The molecule has 3 N–H and O–H groups in total. The van der Waals surface area contributed by atoms with Gasteiger partial charge in [-0.3, -0.25) is 0 Å². The van der Waals surface area contributed by atoms with E-state index in [0.29, 0.717) is 11.1 Å². The molecule has 1 unspecified atom stereocenters. The Labute approximate surface area is 99.6 Å². The highest BCUT2D eigenvalue weighted by Gasteiger charge is 2.11. The van der Waals surface area contributed by atoms with E-state index in [1.807, 2.05) is 30.3 Å². The van der Waals surface area contributed by atoms with E-state index in [1.165, 1.54) is 0 Å². The van der Waals surface area contributed by atoms with Crippen LogP contribution in [0.25, 0.3) is 0 Å². The van der Waals surface area contributed by atoms with Crippen molar-refractivity contribution in [2.45, 2.75) is 12.4 Å². The molecule has 0 saturated heterocycles. The average molecular weight is 230 g/mol. The SMILES string of the molecule is OC(O)c1cccc(C(O)c2ccccc2)c1. The van der Waals surface area contributed by atoms with Crippen molar-refractivity contribution in [1.82, 2.24) is 0 Å². The maximum Gasteiger partial charge on any atom is 0.178 e. The Bertz CT molecular complexity index is 480. The van der Waals surface area contributed by atoms with E-state index in [1.54, 1.807) is 24.3 Å². The lowest BCUT2D eigenvalue weighted by molar-refractivity contribution is -0.0425. The lowest BCUT2D eigenvalue weighted by Crippen LogP contribution is -2.02. The number of benzene rings is 2. The molecule has 3 heteroatoms. The zero-order valence-corrected chi connectivity index (χ0v) is 9.19. The van der Waals surface area contributed by atoms with Crippen LogP contribution < -0.4 is 0 Å². The third-order valence-electron chi connectivity index (χ3n) is 2.64. The molecule has 0 spiro atoms. The standard InChI is InChI=1S/C14H14O3/c15-13(10-5-2-1-3-6-10)11-7-4-8-12(9-11)14(16)17/h1-9,13-17H. The summed E-state index contributed by atoms with van der Waals surface area (Å²) in [5, 5.41) is 28.3. The van der Waals surface area contributed by atoms with Crippen LogP contribution in [-0.4, -0.2) is 15.3 Å². The second kappa shape index (κ2) is 5.10. The van der Waals surface area contributed by atoms with E-state index in [4.69, 9.17) is 10.2 Å². The van der Waals surface area contributed by atoms with E-state index in [2.05, 4.69) is 0 Å². The van der Waals surface area contributed by atoms with E-state index in [0.717, 1.165) is 5.56 Å². The minimum atomic E-state index is -1.52. The van der Waals surface area contributed by atoms with Crippen LogP contribution in [0.3, 0.4) is 0 Å². The summed E-state index contributed by atoms with van der Waals surface area (Å²) in [4.78, 5) is 0. The van der Waals surface area contributed by atoms with Crippen molar-refractivity contribution in [1.29, 1.82) is 0 Å². The maximum absolute atomic E-state index is 10.1. The molecule has 0 amide bonds. The number of rotatable bonds is 3. The van der Waals surface area contributed by atoms with Crippen molar-refractivity contribution in [2.75, 3.05) is 0 Å². The molecule has 0 bridgehead atoms. The topological polar surface area (TPSA) is 60.7 Å². The first-order chi connectivity index (χ1) is 8.18. The molecule has 2 aromatic carbocycles. The first kappa shape index (κ1) is 11.8. The highest BCUT2D eigenvalue weighted by Crippen LogP contribution is 2.23. The van der Waals surface area contributed by atoms with Gasteiger partial charge >= 0.3 is 0 Å². The first-order valence-corrected chi connectivity index (χ1v) is 5.37. The van der Waals surface area contributed by atoms with Gasteiger partial charge < -0.3 is 15.3 Å². The van der Waals surface area contributed by atoms with Gasteiger partial charge in [-0.1, -0.05) is 48.5 Å². The second-order valence-corrected chi connectivity index (χ2v) is 3.86. The molecule has 2 aromatic rings. The van der Waals surface area contributed by atoms with Gasteiger partial charge in [-0.05, 0) is 17.2 Å². The van der Waals surface area contributed by atoms with E-state index >= 15 is 0 Å². The van der Waals surface area contributed by atoms with Crippen molar-refractivity contribution in [3.63, 3.8) is 0 Å². The van der Waals surface area contributed by atoms with Crippen LogP contribution in [-0.2, 0) is 0 Å². The molecule has 0 radical (unpaired) electrons. The zero-order valence-electron chi connectivity index (χ0n) is 9.19. The molecule has 0 fully saturated rings. The fraction of sp³-hybridized carbons (Fsp3) is 0.143. The summed E-state index contributed by atoms with van der Waals surface area (Å²) in [6.45, 7) is 0. The van der Waals surface area contributed by atoms with Crippen molar-refractivity contribution in [3.05, 3.63) is 71.3 Å². The summed E-state index contributed by atoms with van der Waals surface area (Å²) in [6.07, 6.45) is -2.27. The molecule has 17 heavy (non-hydrogen) atoms. The lowest BCUT2D eigenvalue weighted by Gasteiger charge is -2.13. The zero-order chi connectivity index (χ0) is 12.3. The molecule has 2 rings (SSSR count). The second-order valence-electron chi connectivity index (χ2n) is 3.86. The van der Waals surface area contributed by atoms with Crippen molar-refractivity contribution in [2.24, 2.45) is 0 Å². The monoisotopic (exact) mass is 230 g/mol. The van der Waals surface area contributed by atoms with Crippen LogP contribution in [0.15, 0.2) is 54.6 Å². The van der Waals surface area contributed by atoms with Gasteiger partial charge in [0.1, 0.15) is 6.10 Å². The van der Waals surface area contributed by atoms with Crippen molar-refractivity contribution < 1.29 is 15.3 Å². The Morgan fingerprint density at radius 1 is 0.647 bits per heavy atom. The summed E-state index contributed by atoms with van der Waals surface area (Å²) in [5.41, 5.74) is 1.79. The maximum atomic E-state index is 10.1. The van der Waals surface area contributed by atoms with Gasteiger partial charge in [0, 0.05) is 5.56 Å². The van der Waals surface area contributed by atoms with Crippen molar-refractivity contribution in [3.8, 4) is 0 Å². The molecule has 0 saturated carbocycles. The molecule has 0 aliphatic rings. The van der Waals surface area contributed by atoms with Gasteiger partial charge in [0.2, 0.25) is 0 Å². The van der Waals surface area contributed by atoms with Crippen LogP contribution in [0.5, 0.6) is 0 Å². The Balaban J connectivity index is 2.31. The fourth-order valence-corrected chi connectivity index (χ4v) is 1.72. The van der Waals surface area contributed by atoms with Crippen LogP contribution in [0.4, 0.5) is 0 Å². The molecular formula is C14H14O3. The quantitative estimate of drug-likeness (QED) is 0.704. The molecule has 0 aliphatic heterocycles. The van der Waals surface area contributed by atoms with Gasteiger partial charge in [-0.15, -0.1) is 0 Å². The molecule has 0 aliphatic carbocycles. The normalized spacial score (nSPS) is 12.7. The molecule has 3 nitrogen and oxygen atoms in total. The Kier molecular flexibility index (Phi) is 3.54. The predicted molar refractivity (Wildman–Crippen MR) is 64.1 cm³/mol. The average Bonchev–Trinajstić information content (AvgIpc) is 2.39. The van der Waals surface area contributed by atoms with Gasteiger partial charge in [-0.25, -0.2) is 0 Å². The number of hydrogen-bond donors (Lipinski definition) is 3. The van der Waals surface area contributed by atoms with Crippen molar-refractivity contribution >= 4 is 0 Å². The molecule has 1 atom stereocenters. The van der Waals surface area contributed by atoms with Crippen LogP contribution in [0.2, 0.25) is 0 Å². The smallest absolute Gasteiger partial charge is 0.178 e. The minimum absolute atomic E-state index is 0.373. The third kappa shape index (κ3) is 2.71. The largest absolute Gasteiger partial charge is 0.384 e. The first-order valence-electron chi connectivity index (χ1n) is 5.37. The summed E-state index contributed by atoms with van der Waals surface area (Å²) >= 11 is 0. The number of hydrogen-bond acceptors (Lipinski definition) is 3. The van der Waals surface area contributed by atoms with E-state index < -0.39 is 12.4 Å². The van der Waals surface area contributed by atoms with Crippen LogP contribution >= 0.6 is 0 Å². The third-order valence-corrected chi connectivity index (χ3v) is 2.64. The number of aliphatic hydroxyl groups excluding tert-OH is 2. The highest BCUT2D eigenvalue weighted by atomic mass is 16.5. The van der Waals surface area contributed by atoms with Gasteiger partial charge in [0.25, 0.3) is 0 Å². The fourth-order valence-electron chi connectivity index (χ4n) is 1.72. The molecule has 0 aromatic heterocycles. The van der Waals surface area contributed by atoms with Gasteiger partial charge in [0.05, 0.1) is 0 Å². The Morgan fingerprint density at radius 3 is 1.88 bits per heavy atom. The Hall–Kier alpha value is -1.68. The predicted octanol–water partition coefficient (Wildman–Crippen LogP) is 1.75. The lowest BCUT2D eigenvalue weighted by atomic mass is 10.00. The summed E-state index contributed by atoms with van der Waals surface area (Å²) in [5.74, 6) is 0. The molecule has 0 heterocycles. The highest BCUT2D eigenvalue weighted by molar-refractivity contribution is 5.32. The van der Waals surface area contributed by atoms with E-state index in [9.17, 15) is 5.11 Å². The Morgan fingerprint density at radius 2 is 1.24 bits per heavy atom. The summed E-state index contributed by atoms with van der Waals surface area (Å²) in [7, 11) is 0. The molecular weight excluding hydrogens is 216 g/mol. The van der Waals surface area contributed by atoms with Crippen LogP contribution in [0, 0.1) is 0 Å². The summed E-state index contributed by atoms with van der Waals surface area (Å²) < 4.78 is 0. The summed E-state index contributed by atoms with van der Waals surface area (Å²) in [6, 6.07) is 15.9. The minimum Gasteiger partial charge on any atom is -0.384 e.